The molecule has 1 heterocycles. The Labute approximate surface area is 196 Å². The first-order valence-corrected chi connectivity index (χ1v) is 10.5. The molecule has 0 amide bonds. The van der Waals surface area contributed by atoms with Gasteiger partial charge in [-0.25, -0.2) is 4.79 Å². The molecular formula is C23H26BrClN2O4. The van der Waals surface area contributed by atoms with Crippen LogP contribution in [0, 0.1) is 6.92 Å². The maximum Gasteiger partial charge on any atom is 0.340 e. The van der Waals surface area contributed by atoms with Gasteiger partial charge in [0.2, 0.25) is 0 Å². The third-order valence-electron chi connectivity index (χ3n) is 4.61. The van der Waals surface area contributed by atoms with Crippen LogP contribution in [0.4, 0.5) is 0 Å². The van der Waals surface area contributed by atoms with Crippen LogP contribution in [0.5, 0.6) is 5.75 Å². The second-order valence-electron chi connectivity index (χ2n) is 7.34. The van der Waals surface area contributed by atoms with Gasteiger partial charge in [-0.15, -0.1) is 12.4 Å². The highest BCUT2D eigenvalue weighted by molar-refractivity contribution is 9.10. The van der Waals surface area contributed by atoms with E-state index in [9.17, 15) is 9.59 Å². The first-order valence-electron chi connectivity index (χ1n) is 9.67. The van der Waals surface area contributed by atoms with E-state index >= 15 is 0 Å². The third kappa shape index (κ3) is 5.29. The van der Waals surface area contributed by atoms with Crippen LogP contribution in [-0.4, -0.2) is 42.1 Å². The fraction of sp³-hybridized carbons (Fsp3) is 0.304. The summed E-state index contributed by atoms with van der Waals surface area (Å²) in [6.07, 6.45) is 0. The van der Waals surface area contributed by atoms with Crippen molar-refractivity contribution in [1.82, 2.24) is 9.47 Å². The summed E-state index contributed by atoms with van der Waals surface area (Å²) >= 11 is 3.50. The Bertz CT molecular complexity index is 1110. The van der Waals surface area contributed by atoms with Crippen molar-refractivity contribution in [2.45, 2.75) is 27.3 Å². The van der Waals surface area contributed by atoms with Gasteiger partial charge < -0.3 is 18.9 Å². The Morgan fingerprint density at radius 2 is 1.77 bits per heavy atom. The molecule has 3 rings (SSSR count). The lowest BCUT2D eigenvalue weighted by molar-refractivity contribution is -0.131. The molecule has 0 saturated heterocycles. The number of aryl methyl sites for hydroxylation is 1. The molecule has 2 aromatic carbocycles. The summed E-state index contributed by atoms with van der Waals surface area (Å²) in [5.41, 5.74) is 4.19. The number of halogens is 2. The van der Waals surface area contributed by atoms with Crippen LogP contribution in [-0.2, 0) is 16.1 Å². The number of carbonyl (C=O) groups excluding carboxylic acids is 2. The average molecular weight is 510 g/mol. The average Bonchev–Trinajstić information content (AvgIpc) is 2.94. The molecule has 166 valence electrons. The zero-order valence-electron chi connectivity index (χ0n) is 18.2. The van der Waals surface area contributed by atoms with Crippen LogP contribution < -0.4 is 4.74 Å². The first-order chi connectivity index (χ1) is 14.2. The topological polar surface area (TPSA) is 60.8 Å². The van der Waals surface area contributed by atoms with Gasteiger partial charge >= 0.3 is 11.9 Å². The minimum absolute atomic E-state index is 0. The lowest BCUT2D eigenvalue weighted by Gasteiger charge is -2.16. The van der Waals surface area contributed by atoms with Gasteiger partial charge in [0, 0.05) is 24.5 Å². The molecule has 1 aromatic heterocycles. The van der Waals surface area contributed by atoms with Crippen LogP contribution in [0.3, 0.4) is 0 Å². The minimum Gasteiger partial charge on any atom is -0.462 e. The van der Waals surface area contributed by atoms with Gasteiger partial charge in [0.15, 0.2) is 0 Å². The second kappa shape index (κ2) is 10.3. The molecule has 31 heavy (non-hydrogen) atoms. The van der Waals surface area contributed by atoms with Crippen molar-refractivity contribution in [2.75, 3.05) is 20.7 Å². The van der Waals surface area contributed by atoms with E-state index < -0.39 is 11.9 Å². The molecule has 0 bridgehead atoms. The zero-order valence-corrected chi connectivity index (χ0v) is 20.6. The molecule has 0 unspecified atom stereocenters. The number of rotatable bonds is 6. The normalized spacial score (nSPS) is 10.8. The predicted molar refractivity (Wildman–Crippen MR) is 128 cm³/mol. The number of nitrogens with zero attached hydrogens (tertiary/aromatic N) is 2. The van der Waals surface area contributed by atoms with E-state index in [1.807, 2.05) is 56.3 Å². The lowest BCUT2D eigenvalue weighted by atomic mass is 10.1. The highest BCUT2D eigenvalue weighted by Crippen LogP contribution is 2.37. The number of hydrogen-bond acceptors (Lipinski definition) is 5. The Kier molecular flexibility index (Phi) is 8.28. The monoisotopic (exact) mass is 508 g/mol. The molecule has 0 N–H and O–H groups in total. The van der Waals surface area contributed by atoms with E-state index in [4.69, 9.17) is 9.47 Å². The van der Waals surface area contributed by atoms with Crippen molar-refractivity contribution >= 4 is 51.2 Å². The fourth-order valence-corrected chi connectivity index (χ4v) is 3.86. The van der Waals surface area contributed by atoms with Gasteiger partial charge in [0.25, 0.3) is 0 Å². The van der Waals surface area contributed by atoms with E-state index in [1.54, 1.807) is 13.0 Å². The number of fused-ring (bicyclic) bond motifs is 1. The van der Waals surface area contributed by atoms with Crippen molar-refractivity contribution in [3.8, 4) is 11.4 Å². The molecule has 8 heteroatoms. The van der Waals surface area contributed by atoms with Crippen LogP contribution in [0.1, 0.15) is 35.5 Å². The lowest BCUT2D eigenvalue weighted by Crippen LogP contribution is -2.17. The molecule has 0 fully saturated rings. The molecule has 0 spiro atoms. The zero-order chi connectivity index (χ0) is 22.0. The SMILES string of the molecule is CCOC(=O)c1c(CN(C)C)n(-c2ccc(C)cc2)c2cc(Br)c(OC(C)=O)cc12.Cl. The van der Waals surface area contributed by atoms with Crippen molar-refractivity contribution in [2.24, 2.45) is 0 Å². The summed E-state index contributed by atoms with van der Waals surface area (Å²) in [6.45, 7) is 5.95. The van der Waals surface area contributed by atoms with Crippen LogP contribution in [0.2, 0.25) is 0 Å². The summed E-state index contributed by atoms with van der Waals surface area (Å²) in [6, 6.07) is 11.7. The van der Waals surface area contributed by atoms with Crippen LogP contribution >= 0.6 is 28.3 Å². The molecule has 0 aliphatic rings. The maximum atomic E-state index is 13.0. The smallest absolute Gasteiger partial charge is 0.340 e. The first kappa shape index (κ1) is 24.9. The highest BCUT2D eigenvalue weighted by Gasteiger charge is 2.26. The molecule has 0 radical (unpaired) electrons. The van der Waals surface area contributed by atoms with Crippen molar-refractivity contribution in [3.63, 3.8) is 0 Å². The van der Waals surface area contributed by atoms with E-state index in [-0.39, 0.29) is 19.0 Å². The van der Waals surface area contributed by atoms with Crippen molar-refractivity contribution in [1.29, 1.82) is 0 Å². The summed E-state index contributed by atoms with van der Waals surface area (Å²) in [5, 5.41) is 0.672. The number of esters is 2. The Morgan fingerprint density at radius 1 is 1.13 bits per heavy atom. The van der Waals surface area contributed by atoms with Crippen molar-refractivity contribution in [3.05, 3.63) is 57.7 Å². The number of hydrogen-bond donors (Lipinski definition) is 0. The van der Waals surface area contributed by atoms with Gasteiger partial charge in [-0.05, 0) is 68.1 Å². The van der Waals surface area contributed by atoms with Gasteiger partial charge in [0.1, 0.15) is 5.75 Å². The molecule has 0 aliphatic carbocycles. The highest BCUT2D eigenvalue weighted by atomic mass is 79.9. The Balaban J connectivity index is 0.00000341. The quantitative estimate of drug-likeness (QED) is 0.334. The summed E-state index contributed by atoms with van der Waals surface area (Å²) in [4.78, 5) is 26.6. The maximum absolute atomic E-state index is 13.0. The van der Waals surface area contributed by atoms with Gasteiger partial charge in [-0.1, -0.05) is 17.7 Å². The Hall–Kier alpha value is -2.35. The molecule has 6 nitrogen and oxygen atoms in total. The van der Waals surface area contributed by atoms with E-state index in [0.717, 1.165) is 22.5 Å². The number of benzene rings is 2. The van der Waals surface area contributed by atoms with Crippen LogP contribution in [0.15, 0.2) is 40.9 Å². The third-order valence-corrected chi connectivity index (χ3v) is 5.23. The molecule has 3 aromatic rings. The number of carbonyl (C=O) groups is 2. The van der Waals surface area contributed by atoms with Gasteiger partial charge in [-0.3, -0.25) is 4.79 Å². The molecule has 0 aliphatic heterocycles. The van der Waals surface area contributed by atoms with E-state index in [1.165, 1.54) is 6.92 Å². The molecule has 0 atom stereocenters. The summed E-state index contributed by atoms with van der Waals surface area (Å²) in [7, 11) is 3.90. The molecular weight excluding hydrogens is 484 g/mol. The fourth-order valence-electron chi connectivity index (χ4n) is 3.44. The second-order valence-corrected chi connectivity index (χ2v) is 8.20. The van der Waals surface area contributed by atoms with E-state index in [2.05, 4.69) is 20.5 Å². The van der Waals surface area contributed by atoms with Gasteiger partial charge in [-0.2, -0.15) is 0 Å². The number of aromatic nitrogens is 1. The van der Waals surface area contributed by atoms with Crippen LogP contribution in [0.25, 0.3) is 16.6 Å². The Morgan fingerprint density at radius 3 is 2.32 bits per heavy atom. The van der Waals surface area contributed by atoms with Crippen molar-refractivity contribution < 1.29 is 19.1 Å². The standard InChI is InChI=1S/C23H25BrN2O4.ClH/c1-6-29-23(28)22-17-11-21(30-15(3)27)18(24)12-19(17)26(20(22)13-25(4)5)16-9-7-14(2)8-10-16;/h7-12H,6,13H2,1-5H3;1H. The largest absolute Gasteiger partial charge is 0.462 e. The summed E-state index contributed by atoms with van der Waals surface area (Å²) in [5.74, 6) is -0.474. The predicted octanol–water partition coefficient (Wildman–Crippen LogP) is 5.29. The van der Waals surface area contributed by atoms with Gasteiger partial charge in [0.05, 0.1) is 27.9 Å². The summed E-state index contributed by atoms with van der Waals surface area (Å²) < 4.78 is 13.4. The molecule has 0 saturated carbocycles. The van der Waals surface area contributed by atoms with E-state index in [0.29, 0.717) is 27.7 Å². The number of ether oxygens (including phenoxy) is 2. The minimum atomic E-state index is -0.431.